The molecule has 2 aromatic rings. The first kappa shape index (κ1) is 36.5. The van der Waals surface area contributed by atoms with Gasteiger partial charge in [0.05, 0.1) is 16.3 Å². The quantitative estimate of drug-likeness (QED) is 0.246. The predicted octanol–water partition coefficient (Wildman–Crippen LogP) is 9.61. The van der Waals surface area contributed by atoms with Crippen LogP contribution in [0.4, 0.5) is 11.4 Å². The van der Waals surface area contributed by atoms with Gasteiger partial charge in [0.15, 0.2) is 0 Å². The van der Waals surface area contributed by atoms with Crippen molar-refractivity contribution in [3.63, 3.8) is 0 Å². The fraction of sp³-hybridized carbons (Fsp3) is 0.412. The summed E-state index contributed by atoms with van der Waals surface area (Å²) < 4.78 is 0. The summed E-state index contributed by atoms with van der Waals surface area (Å²) in [5.74, 6) is 0.602. The highest BCUT2D eigenvalue weighted by Crippen LogP contribution is 2.31. The van der Waals surface area contributed by atoms with Crippen LogP contribution < -0.4 is 10.2 Å². The minimum atomic E-state index is 0.495. The first-order valence-corrected chi connectivity index (χ1v) is 14.5. The third-order valence-electron chi connectivity index (χ3n) is 6.56. The second kappa shape index (κ2) is 19.6. The summed E-state index contributed by atoms with van der Waals surface area (Å²) in [5, 5.41) is 12.5. The molecule has 1 atom stereocenters. The molecule has 6 heteroatoms. The number of anilines is 2. The van der Waals surface area contributed by atoms with Crippen molar-refractivity contribution in [2.75, 3.05) is 30.4 Å². The summed E-state index contributed by atoms with van der Waals surface area (Å²) in [6, 6.07) is 13.4. The average Bonchev–Trinajstić information content (AvgIpc) is 2.98. The molecule has 0 aliphatic heterocycles. The topological polar surface area (TPSA) is 59.4 Å². The van der Waals surface area contributed by atoms with Gasteiger partial charge in [-0.1, -0.05) is 78.4 Å². The number of nitrogens with zero attached hydrogens (tertiary/aromatic N) is 3. The molecule has 1 unspecified atom stereocenters. The van der Waals surface area contributed by atoms with E-state index in [2.05, 4.69) is 56.8 Å². The maximum absolute atomic E-state index is 11.4. The summed E-state index contributed by atoms with van der Waals surface area (Å²) in [4.78, 5) is 15.2. The summed E-state index contributed by atoms with van der Waals surface area (Å²) in [7, 11) is 2.01. The Balaban J connectivity index is 0.000000848. The Hall–Kier alpha value is -3.49. The molecule has 2 rings (SSSR count). The van der Waals surface area contributed by atoms with Crippen molar-refractivity contribution in [3.05, 3.63) is 83.5 Å². The fourth-order valence-electron chi connectivity index (χ4n) is 3.64. The maximum Gasteiger partial charge on any atom is 0.214 e. The Morgan fingerprint density at radius 3 is 2.20 bits per heavy atom. The van der Waals surface area contributed by atoms with E-state index in [1.165, 1.54) is 0 Å². The molecule has 0 saturated heterocycles. The van der Waals surface area contributed by atoms with Crippen molar-refractivity contribution in [2.45, 2.75) is 67.7 Å². The number of hydrogen-bond donors (Lipinski definition) is 1. The molecule has 0 aliphatic carbocycles. The molecule has 0 bridgehead atoms. The van der Waals surface area contributed by atoms with Gasteiger partial charge in [-0.2, -0.15) is 5.26 Å². The second-order valence-electron chi connectivity index (χ2n) is 9.29. The average molecular weight is 565 g/mol. The zero-order chi connectivity index (χ0) is 30.8. The second-order valence-corrected chi connectivity index (χ2v) is 9.70. The zero-order valence-corrected chi connectivity index (χ0v) is 26.7. The molecule has 40 heavy (non-hydrogen) atoms. The third kappa shape index (κ3) is 11.3. The van der Waals surface area contributed by atoms with Crippen LogP contribution in [0.1, 0.15) is 84.4 Å². The number of halogens is 1. The normalized spacial score (nSPS) is 10.4. The van der Waals surface area contributed by atoms with Crippen molar-refractivity contribution < 1.29 is 4.79 Å². The lowest BCUT2D eigenvalue weighted by Gasteiger charge is -2.26. The van der Waals surface area contributed by atoms with E-state index >= 15 is 0 Å². The molecule has 218 valence electrons. The molecule has 2 aromatic carbocycles. The number of benzene rings is 2. The Labute approximate surface area is 248 Å². The van der Waals surface area contributed by atoms with Gasteiger partial charge in [0.2, 0.25) is 6.41 Å². The van der Waals surface area contributed by atoms with Gasteiger partial charge in [-0.25, -0.2) is 0 Å². The lowest BCUT2D eigenvalue weighted by molar-refractivity contribution is -0.107. The standard InChI is InChI=1S/C21H33N3O.C11H10ClN.C2H6/c1-8-16(4)13-17(5)22-19-11-12-21(24(10-3)15-25)20(14-19)18(6)23(7)9-2;1-3-8(2)9-4-5-10(7-13)11(12)6-9;1-2/h11-12,14-16,22H,5-6,8-10,13H2,1-4,7H3;4-6H,2-3H2,1H3;1-2H3. The highest BCUT2D eigenvalue weighted by atomic mass is 35.5. The van der Waals surface area contributed by atoms with E-state index in [0.717, 1.165) is 71.7 Å². The van der Waals surface area contributed by atoms with Crippen LogP contribution >= 0.6 is 11.6 Å². The number of nitrogens with one attached hydrogen (secondary N) is 1. The van der Waals surface area contributed by atoms with Crippen LogP contribution in [0.5, 0.6) is 0 Å². The molecule has 1 N–H and O–H groups in total. The Morgan fingerprint density at radius 1 is 1.07 bits per heavy atom. The van der Waals surface area contributed by atoms with Crippen molar-refractivity contribution in [2.24, 2.45) is 5.92 Å². The molecule has 1 amide bonds. The van der Waals surface area contributed by atoms with Crippen molar-refractivity contribution >= 4 is 40.7 Å². The third-order valence-corrected chi connectivity index (χ3v) is 6.87. The molecule has 0 aliphatic rings. The van der Waals surface area contributed by atoms with E-state index < -0.39 is 0 Å². The number of carbonyl (C=O) groups excluding carboxylic acids is 1. The lowest BCUT2D eigenvalue weighted by atomic mass is 10.0. The Bertz CT molecular complexity index is 1170. The molecule has 0 heterocycles. The monoisotopic (exact) mass is 564 g/mol. The van der Waals surface area contributed by atoms with Gasteiger partial charge >= 0.3 is 0 Å². The number of rotatable bonds is 13. The van der Waals surface area contributed by atoms with E-state index in [4.69, 9.17) is 16.9 Å². The van der Waals surface area contributed by atoms with Crippen LogP contribution in [-0.4, -0.2) is 31.4 Å². The molecule has 5 nitrogen and oxygen atoms in total. The van der Waals surface area contributed by atoms with Crippen LogP contribution in [0.25, 0.3) is 11.3 Å². The summed E-state index contributed by atoms with van der Waals surface area (Å²) >= 11 is 5.87. The number of allylic oxidation sites excluding steroid dienone is 2. The van der Waals surface area contributed by atoms with Gasteiger partial charge in [0, 0.05) is 42.8 Å². The van der Waals surface area contributed by atoms with E-state index in [9.17, 15) is 4.79 Å². The number of amides is 1. The van der Waals surface area contributed by atoms with Crippen LogP contribution in [0.3, 0.4) is 0 Å². The van der Waals surface area contributed by atoms with Crippen molar-refractivity contribution in [1.29, 1.82) is 5.26 Å². The smallest absolute Gasteiger partial charge is 0.214 e. The van der Waals surface area contributed by atoms with Crippen LogP contribution in [-0.2, 0) is 4.79 Å². The van der Waals surface area contributed by atoms with E-state index in [-0.39, 0.29) is 0 Å². The van der Waals surface area contributed by atoms with Crippen LogP contribution in [0, 0.1) is 17.2 Å². The SMILES string of the molecule is C=C(CC(C)CC)Nc1ccc(N(C=O)CC)c(C(=C)N(C)CC)c1.C=C(CC)c1ccc(C#N)c(Cl)c1.CC. The molecule has 0 spiro atoms. The summed E-state index contributed by atoms with van der Waals surface area (Å²) in [6.07, 6.45) is 3.84. The Kier molecular flexibility index (Phi) is 17.8. The minimum absolute atomic E-state index is 0.495. The Morgan fingerprint density at radius 2 is 1.73 bits per heavy atom. The minimum Gasteiger partial charge on any atom is -0.375 e. The van der Waals surface area contributed by atoms with E-state index in [1.807, 2.05) is 59.0 Å². The van der Waals surface area contributed by atoms with Crippen LogP contribution in [0.15, 0.2) is 61.8 Å². The summed E-state index contributed by atoms with van der Waals surface area (Å²) in [6.45, 7) is 28.2. The van der Waals surface area contributed by atoms with Crippen molar-refractivity contribution in [3.8, 4) is 6.07 Å². The molecule has 0 aromatic heterocycles. The lowest BCUT2D eigenvalue weighted by Crippen LogP contribution is -2.23. The van der Waals surface area contributed by atoms with Gasteiger partial charge in [-0.05, 0) is 74.1 Å². The van der Waals surface area contributed by atoms with Gasteiger partial charge in [0.1, 0.15) is 6.07 Å². The highest BCUT2D eigenvalue weighted by molar-refractivity contribution is 6.31. The molecule has 0 radical (unpaired) electrons. The van der Waals surface area contributed by atoms with Crippen molar-refractivity contribution in [1.82, 2.24) is 4.90 Å². The summed E-state index contributed by atoms with van der Waals surface area (Å²) in [5.41, 5.74) is 7.26. The number of hydrogen-bond acceptors (Lipinski definition) is 4. The van der Waals surface area contributed by atoms with E-state index in [1.54, 1.807) is 17.0 Å². The van der Waals surface area contributed by atoms with Crippen LogP contribution in [0.2, 0.25) is 5.02 Å². The number of nitriles is 1. The maximum atomic E-state index is 11.4. The number of carbonyl (C=O) groups is 1. The van der Waals surface area contributed by atoms with Gasteiger partial charge < -0.3 is 15.1 Å². The largest absolute Gasteiger partial charge is 0.375 e. The van der Waals surface area contributed by atoms with E-state index in [0.29, 0.717) is 23.0 Å². The highest BCUT2D eigenvalue weighted by Gasteiger charge is 2.15. The first-order chi connectivity index (χ1) is 19.1. The van der Waals surface area contributed by atoms with Gasteiger partial charge in [0.25, 0.3) is 0 Å². The molecular formula is C34H49ClN4O. The first-order valence-electron chi connectivity index (χ1n) is 14.1. The fourth-order valence-corrected chi connectivity index (χ4v) is 3.87. The van der Waals surface area contributed by atoms with Gasteiger partial charge in [-0.3, -0.25) is 4.79 Å². The van der Waals surface area contributed by atoms with Gasteiger partial charge in [-0.15, -0.1) is 0 Å². The molecular weight excluding hydrogens is 516 g/mol. The zero-order valence-electron chi connectivity index (χ0n) is 25.9. The molecule has 0 saturated carbocycles. The predicted molar refractivity (Wildman–Crippen MR) is 177 cm³/mol. The molecule has 0 fully saturated rings.